The molecular weight excluding hydrogens is 489 g/mol. The fourth-order valence-electron chi connectivity index (χ4n) is 2.35. The van der Waals surface area contributed by atoms with Gasteiger partial charge in [-0.15, -0.1) is 24.0 Å². The number of hydrogen-bond acceptors (Lipinski definition) is 3. The van der Waals surface area contributed by atoms with Crippen molar-refractivity contribution in [3.8, 4) is 0 Å². The number of nitrogens with zero attached hydrogens (tertiary/aromatic N) is 3. The third-order valence-corrected chi connectivity index (χ3v) is 4.24. The summed E-state index contributed by atoms with van der Waals surface area (Å²) in [6.07, 6.45) is 2.53. The second-order valence-electron chi connectivity index (χ2n) is 6.40. The topological polar surface area (TPSA) is 69.6 Å². The minimum Gasteiger partial charge on any atom is -0.356 e. The SMILES string of the molecule is CC(NC(=NCC(=O)N(C)C)NCCc1ccc(Cl)nc1)c1ccccc1.I. The quantitative estimate of drug-likeness (QED) is 0.257. The minimum absolute atomic E-state index is 0. The van der Waals surface area contributed by atoms with Crippen molar-refractivity contribution >= 4 is 47.4 Å². The zero-order chi connectivity index (χ0) is 19.6. The number of hydrogen-bond donors (Lipinski definition) is 2. The molecule has 6 nitrogen and oxygen atoms in total. The summed E-state index contributed by atoms with van der Waals surface area (Å²) in [5.74, 6) is 0.550. The van der Waals surface area contributed by atoms with E-state index in [1.54, 1.807) is 26.4 Å². The van der Waals surface area contributed by atoms with Crippen LogP contribution in [0.2, 0.25) is 5.15 Å². The lowest BCUT2D eigenvalue weighted by Gasteiger charge is -2.19. The molecule has 0 aliphatic heterocycles. The molecule has 2 N–H and O–H groups in total. The summed E-state index contributed by atoms with van der Waals surface area (Å²) in [5.41, 5.74) is 2.22. The molecule has 0 radical (unpaired) electrons. The van der Waals surface area contributed by atoms with Crippen LogP contribution in [0.3, 0.4) is 0 Å². The Labute approximate surface area is 188 Å². The number of benzene rings is 1. The van der Waals surface area contributed by atoms with E-state index in [0.29, 0.717) is 17.7 Å². The Morgan fingerprint density at radius 3 is 2.54 bits per heavy atom. The van der Waals surface area contributed by atoms with E-state index < -0.39 is 0 Å². The molecule has 2 aromatic rings. The van der Waals surface area contributed by atoms with Gasteiger partial charge in [0, 0.05) is 26.8 Å². The van der Waals surface area contributed by atoms with Gasteiger partial charge in [-0.3, -0.25) is 4.79 Å². The van der Waals surface area contributed by atoms with Crippen molar-refractivity contribution in [3.05, 3.63) is 64.9 Å². The van der Waals surface area contributed by atoms with Crippen LogP contribution in [0.5, 0.6) is 0 Å². The van der Waals surface area contributed by atoms with Crippen molar-refractivity contribution in [1.82, 2.24) is 20.5 Å². The lowest BCUT2D eigenvalue weighted by Crippen LogP contribution is -2.40. The first kappa shape index (κ1) is 24.2. The Kier molecular flexibility index (Phi) is 10.8. The number of likely N-dealkylation sites (N-methyl/N-ethyl adjacent to an activating group) is 1. The molecule has 2 rings (SSSR count). The molecular formula is C20H27ClIN5O. The zero-order valence-corrected chi connectivity index (χ0v) is 19.4. The third kappa shape index (κ3) is 8.43. The van der Waals surface area contributed by atoms with Crippen LogP contribution in [0, 0.1) is 0 Å². The van der Waals surface area contributed by atoms with Crippen molar-refractivity contribution in [2.75, 3.05) is 27.2 Å². The van der Waals surface area contributed by atoms with Gasteiger partial charge in [0.15, 0.2) is 5.96 Å². The normalized spacial score (nSPS) is 11.9. The van der Waals surface area contributed by atoms with E-state index in [0.717, 1.165) is 17.5 Å². The molecule has 1 aromatic carbocycles. The van der Waals surface area contributed by atoms with Gasteiger partial charge in [0.2, 0.25) is 5.91 Å². The predicted octanol–water partition coefficient (Wildman–Crippen LogP) is 3.28. The third-order valence-electron chi connectivity index (χ3n) is 4.02. The number of aromatic nitrogens is 1. The number of guanidine groups is 1. The van der Waals surface area contributed by atoms with Crippen LogP contribution in [-0.4, -0.2) is 48.9 Å². The highest BCUT2D eigenvalue weighted by Crippen LogP contribution is 2.11. The van der Waals surface area contributed by atoms with Crippen LogP contribution in [0.15, 0.2) is 53.7 Å². The van der Waals surface area contributed by atoms with Crippen LogP contribution < -0.4 is 10.6 Å². The molecule has 152 valence electrons. The van der Waals surface area contributed by atoms with Gasteiger partial charge in [0.25, 0.3) is 0 Å². The number of aliphatic imine (C=N–C) groups is 1. The molecule has 1 unspecified atom stereocenters. The highest BCUT2D eigenvalue weighted by molar-refractivity contribution is 14.0. The molecule has 1 amide bonds. The average molecular weight is 516 g/mol. The number of rotatable bonds is 7. The predicted molar refractivity (Wildman–Crippen MR) is 125 cm³/mol. The summed E-state index contributed by atoms with van der Waals surface area (Å²) < 4.78 is 0. The smallest absolute Gasteiger partial charge is 0.243 e. The van der Waals surface area contributed by atoms with Crippen LogP contribution >= 0.6 is 35.6 Å². The maximum atomic E-state index is 11.9. The molecule has 8 heteroatoms. The maximum absolute atomic E-state index is 11.9. The lowest BCUT2D eigenvalue weighted by molar-refractivity contribution is -0.127. The number of amides is 1. The van der Waals surface area contributed by atoms with Crippen molar-refractivity contribution in [2.24, 2.45) is 4.99 Å². The van der Waals surface area contributed by atoms with Gasteiger partial charge in [-0.25, -0.2) is 9.98 Å². The molecule has 0 aliphatic carbocycles. The van der Waals surface area contributed by atoms with E-state index in [-0.39, 0.29) is 42.5 Å². The van der Waals surface area contributed by atoms with Gasteiger partial charge in [-0.2, -0.15) is 0 Å². The number of carbonyl (C=O) groups excluding carboxylic acids is 1. The molecule has 0 saturated heterocycles. The number of carbonyl (C=O) groups is 1. The Morgan fingerprint density at radius 1 is 1.21 bits per heavy atom. The van der Waals surface area contributed by atoms with Crippen molar-refractivity contribution in [1.29, 1.82) is 0 Å². The number of halogens is 2. The van der Waals surface area contributed by atoms with Gasteiger partial charge in [0.05, 0.1) is 6.04 Å². The average Bonchev–Trinajstić information content (AvgIpc) is 2.67. The Hall–Kier alpha value is -1.87. The summed E-state index contributed by atoms with van der Waals surface area (Å²) in [6.45, 7) is 2.81. The highest BCUT2D eigenvalue weighted by Gasteiger charge is 2.09. The number of pyridine rings is 1. The summed E-state index contributed by atoms with van der Waals surface area (Å²) in [7, 11) is 3.44. The van der Waals surface area contributed by atoms with Crippen LogP contribution in [-0.2, 0) is 11.2 Å². The molecule has 1 atom stereocenters. The largest absolute Gasteiger partial charge is 0.356 e. The van der Waals surface area contributed by atoms with E-state index in [4.69, 9.17) is 11.6 Å². The Morgan fingerprint density at radius 2 is 1.93 bits per heavy atom. The van der Waals surface area contributed by atoms with Crippen molar-refractivity contribution in [2.45, 2.75) is 19.4 Å². The minimum atomic E-state index is -0.0506. The molecule has 0 spiro atoms. The second kappa shape index (κ2) is 12.6. The van der Waals surface area contributed by atoms with E-state index >= 15 is 0 Å². The standard InChI is InChI=1S/C20H26ClN5O.HI/c1-15(17-7-5-4-6-8-17)25-20(24-14-19(27)26(2)3)22-12-11-16-9-10-18(21)23-13-16;/h4-10,13,15H,11-12,14H2,1-3H3,(H2,22,24,25);1H. The zero-order valence-electron chi connectivity index (χ0n) is 16.4. The molecule has 0 saturated carbocycles. The van der Waals surface area contributed by atoms with Gasteiger partial charge < -0.3 is 15.5 Å². The lowest BCUT2D eigenvalue weighted by atomic mass is 10.1. The summed E-state index contributed by atoms with van der Waals surface area (Å²) in [6, 6.07) is 13.9. The molecule has 0 aliphatic rings. The summed E-state index contributed by atoms with van der Waals surface area (Å²) in [4.78, 5) is 21.9. The summed E-state index contributed by atoms with van der Waals surface area (Å²) >= 11 is 5.82. The van der Waals surface area contributed by atoms with Gasteiger partial charge >= 0.3 is 0 Å². The van der Waals surface area contributed by atoms with Crippen LogP contribution in [0.4, 0.5) is 0 Å². The van der Waals surface area contributed by atoms with E-state index in [1.165, 1.54) is 4.90 Å². The molecule has 28 heavy (non-hydrogen) atoms. The number of nitrogens with one attached hydrogen (secondary N) is 2. The van der Waals surface area contributed by atoms with Gasteiger partial charge in [0.1, 0.15) is 11.7 Å². The highest BCUT2D eigenvalue weighted by atomic mass is 127. The first-order chi connectivity index (χ1) is 13.0. The van der Waals surface area contributed by atoms with E-state index in [9.17, 15) is 4.79 Å². The van der Waals surface area contributed by atoms with Crippen LogP contribution in [0.25, 0.3) is 0 Å². The Balaban J connectivity index is 0.00000392. The monoisotopic (exact) mass is 515 g/mol. The first-order valence-corrected chi connectivity index (χ1v) is 9.24. The second-order valence-corrected chi connectivity index (χ2v) is 6.78. The molecule has 0 fully saturated rings. The van der Waals surface area contributed by atoms with Crippen LogP contribution in [0.1, 0.15) is 24.1 Å². The van der Waals surface area contributed by atoms with Gasteiger partial charge in [-0.05, 0) is 30.5 Å². The fourth-order valence-corrected chi connectivity index (χ4v) is 2.46. The summed E-state index contributed by atoms with van der Waals surface area (Å²) in [5, 5.41) is 7.12. The van der Waals surface area contributed by atoms with Crippen molar-refractivity contribution in [3.63, 3.8) is 0 Å². The maximum Gasteiger partial charge on any atom is 0.243 e. The molecule has 1 aromatic heterocycles. The first-order valence-electron chi connectivity index (χ1n) is 8.86. The Bertz CT molecular complexity index is 753. The fraction of sp³-hybridized carbons (Fsp3) is 0.350. The molecule has 0 bridgehead atoms. The van der Waals surface area contributed by atoms with E-state index in [2.05, 4.69) is 39.7 Å². The molecule has 1 heterocycles. The van der Waals surface area contributed by atoms with Crippen molar-refractivity contribution < 1.29 is 4.79 Å². The van der Waals surface area contributed by atoms with E-state index in [1.807, 2.05) is 24.3 Å². The van der Waals surface area contributed by atoms with Gasteiger partial charge in [-0.1, -0.05) is 48.0 Å².